The second-order valence-electron chi connectivity index (χ2n) is 4.00. The molecule has 0 amide bonds. The summed E-state index contributed by atoms with van der Waals surface area (Å²) < 4.78 is 2.41. The first-order valence-corrected chi connectivity index (χ1v) is 7.85. The summed E-state index contributed by atoms with van der Waals surface area (Å²) in [4.78, 5) is 31.5. The van der Waals surface area contributed by atoms with Gasteiger partial charge in [-0.2, -0.15) is 0 Å². The molecule has 2 heterocycles. The average molecular weight is 305 g/mol. The number of aromatic amines is 1. The fraction of sp³-hybridized carbons (Fsp3) is 0.154. The van der Waals surface area contributed by atoms with Crippen molar-refractivity contribution >= 4 is 33.4 Å². The molecular weight excluding hydrogens is 294 g/mol. The van der Waals surface area contributed by atoms with Crippen LogP contribution in [0.4, 0.5) is 0 Å². The minimum absolute atomic E-state index is 0.324. The van der Waals surface area contributed by atoms with Crippen LogP contribution in [0.2, 0.25) is 0 Å². The molecule has 0 radical (unpaired) electrons. The number of para-hydroxylation sites is 1. The summed E-state index contributed by atoms with van der Waals surface area (Å²) in [6.45, 7) is 2.02. The Morgan fingerprint density at radius 2 is 2.05 bits per heavy atom. The summed E-state index contributed by atoms with van der Waals surface area (Å²) in [5, 5.41) is 0. The molecule has 0 atom stereocenters. The van der Waals surface area contributed by atoms with E-state index in [-0.39, 0.29) is 5.56 Å². The zero-order valence-corrected chi connectivity index (χ0v) is 12.3. The van der Waals surface area contributed by atoms with E-state index < -0.39 is 5.69 Å². The third kappa shape index (κ3) is 2.19. The minimum Gasteiger partial charge on any atom is -0.290 e. The number of fused-ring (bicyclic) bond motifs is 1. The van der Waals surface area contributed by atoms with Gasteiger partial charge in [-0.1, -0.05) is 36.9 Å². The summed E-state index contributed by atoms with van der Waals surface area (Å²) in [6, 6.07) is 8.87. The maximum atomic E-state index is 12.5. The zero-order valence-electron chi connectivity index (χ0n) is 10.6. The van der Waals surface area contributed by atoms with E-state index in [1.165, 1.54) is 11.3 Å². The first-order valence-electron chi connectivity index (χ1n) is 6.05. The van der Waals surface area contributed by atoms with Crippen molar-refractivity contribution in [3.8, 4) is 5.69 Å². The van der Waals surface area contributed by atoms with Gasteiger partial charge in [0.05, 0.1) is 5.69 Å². The highest BCUT2D eigenvalue weighted by atomic mass is 32.2. The minimum atomic E-state index is -0.466. The van der Waals surface area contributed by atoms with Crippen LogP contribution in [0, 0.1) is 0 Å². The highest BCUT2D eigenvalue weighted by Crippen LogP contribution is 2.25. The molecule has 2 aromatic heterocycles. The standard InChI is InChI=1S/C13H11N3O2S2/c1-2-19-13-15-10-9(20-13)11(17)16(12(18)14-10)8-6-4-3-5-7-8/h3-7H,2H2,1H3,(H,14,18). The van der Waals surface area contributed by atoms with Crippen LogP contribution in [0.5, 0.6) is 0 Å². The SMILES string of the molecule is CCSc1nc2[nH]c(=O)n(-c3ccccc3)c(=O)c2s1. The molecule has 0 aliphatic heterocycles. The Balaban J connectivity index is 2.29. The lowest BCUT2D eigenvalue weighted by atomic mass is 10.3. The summed E-state index contributed by atoms with van der Waals surface area (Å²) in [5.74, 6) is 0.872. The second-order valence-corrected chi connectivity index (χ2v) is 6.51. The van der Waals surface area contributed by atoms with Crippen molar-refractivity contribution < 1.29 is 0 Å². The first kappa shape index (κ1) is 13.1. The Hall–Kier alpha value is -1.86. The summed E-state index contributed by atoms with van der Waals surface area (Å²) in [6.07, 6.45) is 0. The number of nitrogens with zero attached hydrogens (tertiary/aromatic N) is 2. The van der Waals surface area contributed by atoms with Crippen LogP contribution < -0.4 is 11.2 Å². The molecule has 0 spiro atoms. The molecule has 0 aliphatic rings. The van der Waals surface area contributed by atoms with E-state index in [4.69, 9.17) is 0 Å². The Kier molecular flexibility index (Phi) is 3.45. The van der Waals surface area contributed by atoms with Crippen LogP contribution >= 0.6 is 23.1 Å². The summed E-state index contributed by atoms with van der Waals surface area (Å²) >= 11 is 2.87. The van der Waals surface area contributed by atoms with E-state index in [1.54, 1.807) is 36.0 Å². The van der Waals surface area contributed by atoms with Crippen molar-refractivity contribution in [2.24, 2.45) is 0 Å². The highest BCUT2D eigenvalue weighted by molar-refractivity contribution is 8.01. The van der Waals surface area contributed by atoms with E-state index in [0.29, 0.717) is 16.0 Å². The monoisotopic (exact) mass is 305 g/mol. The fourth-order valence-electron chi connectivity index (χ4n) is 1.88. The van der Waals surface area contributed by atoms with Gasteiger partial charge in [0.2, 0.25) is 0 Å². The lowest BCUT2D eigenvalue weighted by Crippen LogP contribution is -2.33. The molecule has 0 unspecified atom stereocenters. The molecule has 7 heteroatoms. The summed E-state index contributed by atoms with van der Waals surface area (Å²) in [7, 11) is 0. The fourth-order valence-corrected chi connectivity index (χ4v) is 3.80. The van der Waals surface area contributed by atoms with Crippen LogP contribution in [0.1, 0.15) is 6.92 Å². The van der Waals surface area contributed by atoms with Crippen molar-refractivity contribution in [3.05, 3.63) is 51.2 Å². The van der Waals surface area contributed by atoms with E-state index >= 15 is 0 Å². The van der Waals surface area contributed by atoms with Gasteiger partial charge >= 0.3 is 5.69 Å². The van der Waals surface area contributed by atoms with Crippen LogP contribution in [-0.2, 0) is 0 Å². The predicted molar refractivity (Wildman–Crippen MR) is 82.2 cm³/mol. The maximum absolute atomic E-state index is 12.5. The van der Waals surface area contributed by atoms with Crippen molar-refractivity contribution in [2.45, 2.75) is 11.3 Å². The lowest BCUT2D eigenvalue weighted by molar-refractivity contribution is 0.898. The van der Waals surface area contributed by atoms with E-state index in [0.717, 1.165) is 14.7 Å². The van der Waals surface area contributed by atoms with Gasteiger partial charge in [0.25, 0.3) is 5.56 Å². The Labute approximate surface area is 122 Å². The molecule has 0 saturated heterocycles. The molecule has 0 aliphatic carbocycles. The van der Waals surface area contributed by atoms with E-state index in [9.17, 15) is 9.59 Å². The van der Waals surface area contributed by atoms with Crippen molar-refractivity contribution in [3.63, 3.8) is 0 Å². The number of thiazole rings is 1. The normalized spacial score (nSPS) is 11.1. The van der Waals surface area contributed by atoms with Gasteiger partial charge in [-0.15, -0.1) is 11.3 Å². The van der Waals surface area contributed by atoms with Gasteiger partial charge in [-0.25, -0.2) is 14.3 Å². The number of thioether (sulfide) groups is 1. The molecule has 3 rings (SSSR count). The van der Waals surface area contributed by atoms with Crippen LogP contribution in [0.25, 0.3) is 16.0 Å². The number of benzene rings is 1. The Bertz CT molecular complexity index is 865. The third-order valence-electron chi connectivity index (χ3n) is 2.72. The Morgan fingerprint density at radius 3 is 2.75 bits per heavy atom. The maximum Gasteiger partial charge on any atom is 0.334 e. The largest absolute Gasteiger partial charge is 0.334 e. The van der Waals surface area contributed by atoms with Crippen molar-refractivity contribution in [1.82, 2.24) is 14.5 Å². The number of H-pyrrole nitrogens is 1. The van der Waals surface area contributed by atoms with E-state index in [2.05, 4.69) is 9.97 Å². The molecule has 102 valence electrons. The molecule has 0 bridgehead atoms. The van der Waals surface area contributed by atoms with Gasteiger partial charge in [-0.05, 0) is 17.9 Å². The molecule has 3 aromatic rings. The van der Waals surface area contributed by atoms with Crippen molar-refractivity contribution in [2.75, 3.05) is 5.75 Å². The summed E-state index contributed by atoms with van der Waals surface area (Å²) in [5.41, 5.74) is 0.134. The van der Waals surface area contributed by atoms with Gasteiger partial charge in [-0.3, -0.25) is 9.78 Å². The number of hydrogen-bond acceptors (Lipinski definition) is 5. The number of hydrogen-bond donors (Lipinski definition) is 1. The number of nitrogens with one attached hydrogen (secondary N) is 1. The van der Waals surface area contributed by atoms with Gasteiger partial charge in [0.15, 0.2) is 9.99 Å². The average Bonchev–Trinajstić information content (AvgIpc) is 2.83. The van der Waals surface area contributed by atoms with Gasteiger partial charge < -0.3 is 0 Å². The van der Waals surface area contributed by atoms with Crippen molar-refractivity contribution in [1.29, 1.82) is 0 Å². The van der Waals surface area contributed by atoms with Crippen LogP contribution in [-0.4, -0.2) is 20.3 Å². The van der Waals surface area contributed by atoms with Crippen LogP contribution in [0.3, 0.4) is 0 Å². The van der Waals surface area contributed by atoms with Gasteiger partial charge in [0, 0.05) is 0 Å². The smallest absolute Gasteiger partial charge is 0.290 e. The number of rotatable bonds is 3. The molecule has 1 aromatic carbocycles. The zero-order chi connectivity index (χ0) is 14.1. The van der Waals surface area contributed by atoms with E-state index in [1.807, 2.05) is 13.0 Å². The molecule has 5 nitrogen and oxygen atoms in total. The number of aromatic nitrogens is 3. The highest BCUT2D eigenvalue weighted by Gasteiger charge is 2.13. The molecular formula is C13H11N3O2S2. The Morgan fingerprint density at radius 1 is 1.30 bits per heavy atom. The van der Waals surface area contributed by atoms with Crippen LogP contribution in [0.15, 0.2) is 44.3 Å². The quantitative estimate of drug-likeness (QED) is 0.754. The molecule has 0 saturated carbocycles. The topological polar surface area (TPSA) is 67.8 Å². The predicted octanol–water partition coefficient (Wildman–Crippen LogP) is 2.25. The van der Waals surface area contributed by atoms with Gasteiger partial charge in [0.1, 0.15) is 4.70 Å². The molecule has 20 heavy (non-hydrogen) atoms. The third-order valence-corrected chi connectivity index (χ3v) is 4.78. The second kappa shape index (κ2) is 5.26. The molecule has 1 N–H and O–H groups in total. The first-order chi connectivity index (χ1) is 9.70. The lowest BCUT2D eigenvalue weighted by Gasteiger charge is -2.02. The molecule has 0 fully saturated rings.